The van der Waals surface area contributed by atoms with E-state index in [1.807, 2.05) is 0 Å². The molecule has 3 rings (SSSR count). The van der Waals surface area contributed by atoms with E-state index in [9.17, 15) is 4.79 Å². The van der Waals surface area contributed by atoms with Gasteiger partial charge in [0.25, 0.3) is 0 Å². The lowest BCUT2D eigenvalue weighted by atomic mass is 9.93. The summed E-state index contributed by atoms with van der Waals surface area (Å²) in [5, 5.41) is 3.60. The number of carbonyl (C=O) groups is 1. The van der Waals surface area contributed by atoms with E-state index in [0.717, 1.165) is 45.1 Å². The van der Waals surface area contributed by atoms with Gasteiger partial charge in [-0.2, -0.15) is 0 Å². The number of benzene rings is 1. The summed E-state index contributed by atoms with van der Waals surface area (Å²) < 4.78 is 0. The second kappa shape index (κ2) is 7.05. The molecule has 1 saturated heterocycles. The van der Waals surface area contributed by atoms with Crippen LogP contribution in [0.5, 0.6) is 0 Å². The molecule has 4 nitrogen and oxygen atoms in total. The van der Waals surface area contributed by atoms with Gasteiger partial charge >= 0.3 is 0 Å². The van der Waals surface area contributed by atoms with Crippen LogP contribution in [0.1, 0.15) is 24.8 Å². The Morgan fingerprint density at radius 1 is 1.10 bits per heavy atom. The Bertz CT molecular complexity index is 448. The van der Waals surface area contributed by atoms with E-state index in [4.69, 9.17) is 0 Å². The number of nitrogens with one attached hydrogen (secondary N) is 1. The molecule has 1 saturated carbocycles. The lowest BCUT2D eigenvalue weighted by molar-refractivity contribution is -0.108. The Morgan fingerprint density at radius 3 is 2.38 bits per heavy atom. The van der Waals surface area contributed by atoms with Crippen molar-refractivity contribution in [3.8, 4) is 0 Å². The Balaban J connectivity index is 1.48. The van der Waals surface area contributed by atoms with Crippen molar-refractivity contribution in [3.63, 3.8) is 0 Å². The van der Waals surface area contributed by atoms with Crippen molar-refractivity contribution in [1.29, 1.82) is 0 Å². The lowest BCUT2D eigenvalue weighted by Gasteiger charge is -2.35. The number of hydrogen-bond acceptors (Lipinski definition) is 4. The van der Waals surface area contributed by atoms with Crippen LogP contribution in [-0.4, -0.2) is 50.0 Å². The van der Waals surface area contributed by atoms with Crippen molar-refractivity contribution < 1.29 is 4.79 Å². The van der Waals surface area contributed by atoms with Crippen LogP contribution in [0.3, 0.4) is 0 Å². The third-order valence-corrected chi connectivity index (χ3v) is 4.71. The Hall–Kier alpha value is -1.39. The predicted octanol–water partition coefficient (Wildman–Crippen LogP) is 1.65. The minimum Gasteiger partial charge on any atom is -0.369 e. The highest BCUT2D eigenvalue weighted by Crippen LogP contribution is 2.20. The Kier molecular flexibility index (Phi) is 4.88. The molecule has 2 aliphatic rings. The molecular formula is C17H25N3O. The first-order chi connectivity index (χ1) is 10.3. The molecule has 1 heterocycles. The van der Waals surface area contributed by atoms with Crippen LogP contribution in [-0.2, 0) is 11.3 Å². The smallest absolute Gasteiger partial charge is 0.133 e. The first-order valence-corrected chi connectivity index (χ1v) is 8.08. The number of rotatable bonds is 6. The molecule has 0 amide bonds. The fraction of sp³-hybridized carbons (Fsp3) is 0.588. The maximum atomic E-state index is 10.5. The molecule has 1 aromatic carbocycles. The fourth-order valence-electron chi connectivity index (χ4n) is 2.99. The van der Waals surface area contributed by atoms with Crippen molar-refractivity contribution in [2.45, 2.75) is 31.8 Å². The number of carbonyl (C=O) groups excluding carboxylic acids is 1. The maximum absolute atomic E-state index is 10.5. The van der Waals surface area contributed by atoms with Gasteiger partial charge < -0.3 is 15.0 Å². The molecule has 114 valence electrons. The van der Waals surface area contributed by atoms with Crippen molar-refractivity contribution in [3.05, 3.63) is 29.8 Å². The Labute approximate surface area is 127 Å². The van der Waals surface area contributed by atoms with E-state index in [1.165, 1.54) is 30.5 Å². The van der Waals surface area contributed by atoms with Crippen molar-refractivity contribution in [2.75, 3.05) is 37.6 Å². The largest absolute Gasteiger partial charge is 0.369 e. The van der Waals surface area contributed by atoms with E-state index >= 15 is 0 Å². The first-order valence-electron chi connectivity index (χ1n) is 8.08. The molecule has 1 aliphatic heterocycles. The van der Waals surface area contributed by atoms with Gasteiger partial charge in [0.1, 0.15) is 6.29 Å². The van der Waals surface area contributed by atoms with Gasteiger partial charge in [-0.15, -0.1) is 0 Å². The molecule has 2 fully saturated rings. The number of hydrogen-bond donors (Lipinski definition) is 1. The van der Waals surface area contributed by atoms with Gasteiger partial charge in [-0.25, -0.2) is 0 Å². The quantitative estimate of drug-likeness (QED) is 0.807. The minimum absolute atomic E-state index is 0.569. The molecule has 0 unspecified atom stereocenters. The minimum atomic E-state index is 0.569. The zero-order chi connectivity index (χ0) is 14.5. The van der Waals surface area contributed by atoms with Crippen molar-refractivity contribution in [2.24, 2.45) is 0 Å². The van der Waals surface area contributed by atoms with Crippen LogP contribution in [0.2, 0.25) is 0 Å². The SMILES string of the molecule is O=CCN1CCN(c2ccc(CNC3CCC3)cc2)CC1. The molecule has 1 aromatic rings. The first kappa shape index (κ1) is 14.5. The van der Waals surface area contributed by atoms with E-state index < -0.39 is 0 Å². The van der Waals surface area contributed by atoms with E-state index in [-0.39, 0.29) is 0 Å². The van der Waals surface area contributed by atoms with Gasteiger partial charge in [-0.1, -0.05) is 18.6 Å². The summed E-state index contributed by atoms with van der Waals surface area (Å²) >= 11 is 0. The third kappa shape index (κ3) is 3.83. The van der Waals surface area contributed by atoms with E-state index in [2.05, 4.69) is 39.4 Å². The Morgan fingerprint density at radius 2 is 1.81 bits per heavy atom. The summed E-state index contributed by atoms with van der Waals surface area (Å²) in [6.07, 6.45) is 5.05. The molecule has 0 spiro atoms. The second-order valence-corrected chi connectivity index (χ2v) is 6.13. The van der Waals surface area contributed by atoms with Gasteiger partial charge in [0.15, 0.2) is 0 Å². The van der Waals surface area contributed by atoms with Gasteiger partial charge in [-0.05, 0) is 30.5 Å². The van der Waals surface area contributed by atoms with Crippen LogP contribution in [0.25, 0.3) is 0 Å². The average Bonchev–Trinajstić information content (AvgIpc) is 2.48. The number of piperazine rings is 1. The summed E-state index contributed by atoms with van der Waals surface area (Å²) in [6.45, 7) is 5.52. The monoisotopic (exact) mass is 287 g/mol. The summed E-state index contributed by atoms with van der Waals surface area (Å²) in [4.78, 5) is 15.2. The molecule has 0 atom stereocenters. The molecule has 1 aliphatic carbocycles. The van der Waals surface area contributed by atoms with Crippen LogP contribution in [0.15, 0.2) is 24.3 Å². The number of nitrogens with zero attached hydrogens (tertiary/aromatic N) is 2. The van der Waals surface area contributed by atoms with E-state index in [1.54, 1.807) is 0 Å². The molecular weight excluding hydrogens is 262 g/mol. The maximum Gasteiger partial charge on any atom is 0.133 e. The highest BCUT2D eigenvalue weighted by atomic mass is 16.1. The standard InChI is InChI=1S/C17H25N3O/c21-13-12-19-8-10-20(11-9-19)17-6-4-15(5-7-17)14-18-16-2-1-3-16/h4-7,13,16,18H,1-3,8-12,14H2. The molecule has 0 aromatic heterocycles. The van der Waals surface area contributed by atoms with Gasteiger partial charge in [0.2, 0.25) is 0 Å². The highest BCUT2D eigenvalue weighted by molar-refractivity contribution is 5.52. The van der Waals surface area contributed by atoms with Crippen LogP contribution in [0, 0.1) is 0 Å². The average molecular weight is 287 g/mol. The lowest BCUT2D eigenvalue weighted by Crippen LogP contribution is -2.46. The zero-order valence-electron chi connectivity index (χ0n) is 12.6. The van der Waals surface area contributed by atoms with Crippen molar-refractivity contribution >= 4 is 12.0 Å². The molecule has 0 bridgehead atoms. The summed E-state index contributed by atoms with van der Waals surface area (Å²) in [5.41, 5.74) is 2.67. The second-order valence-electron chi connectivity index (χ2n) is 6.13. The number of anilines is 1. The number of aldehydes is 1. The molecule has 0 radical (unpaired) electrons. The highest BCUT2D eigenvalue weighted by Gasteiger charge is 2.17. The topological polar surface area (TPSA) is 35.6 Å². The normalized spacial score (nSPS) is 20.3. The van der Waals surface area contributed by atoms with Gasteiger partial charge in [0, 0.05) is 44.5 Å². The summed E-state index contributed by atoms with van der Waals surface area (Å²) in [7, 11) is 0. The van der Waals surface area contributed by atoms with Crippen LogP contribution < -0.4 is 10.2 Å². The summed E-state index contributed by atoms with van der Waals surface area (Å²) in [6, 6.07) is 9.67. The van der Waals surface area contributed by atoms with Gasteiger partial charge in [-0.3, -0.25) is 4.90 Å². The van der Waals surface area contributed by atoms with Crippen LogP contribution in [0.4, 0.5) is 5.69 Å². The van der Waals surface area contributed by atoms with E-state index in [0.29, 0.717) is 6.54 Å². The molecule has 1 N–H and O–H groups in total. The third-order valence-electron chi connectivity index (χ3n) is 4.71. The predicted molar refractivity (Wildman–Crippen MR) is 85.6 cm³/mol. The zero-order valence-corrected chi connectivity index (χ0v) is 12.6. The summed E-state index contributed by atoms with van der Waals surface area (Å²) in [5.74, 6) is 0. The molecule has 4 heteroatoms. The van der Waals surface area contributed by atoms with Crippen LogP contribution >= 0.6 is 0 Å². The van der Waals surface area contributed by atoms with Crippen molar-refractivity contribution in [1.82, 2.24) is 10.2 Å². The fourth-order valence-corrected chi connectivity index (χ4v) is 2.99. The van der Waals surface area contributed by atoms with Gasteiger partial charge in [0.05, 0.1) is 6.54 Å². The molecule has 21 heavy (non-hydrogen) atoms.